The van der Waals surface area contributed by atoms with Gasteiger partial charge in [-0.15, -0.1) is 0 Å². The number of hydrogen-bond donors (Lipinski definition) is 2. The monoisotopic (exact) mass is 228 g/mol. The van der Waals surface area contributed by atoms with Gasteiger partial charge in [0.05, 0.1) is 0 Å². The number of hydrogen-bond acceptors (Lipinski definition) is 3. The molecule has 0 aromatic rings. The summed E-state index contributed by atoms with van der Waals surface area (Å²) in [5.41, 5.74) is 0. The Morgan fingerprint density at radius 2 is 2.44 bits per heavy atom. The average Bonchev–Trinajstić information content (AvgIpc) is 2.33. The van der Waals surface area contributed by atoms with Crippen LogP contribution in [0, 0.1) is 5.92 Å². The quantitative estimate of drug-likeness (QED) is 0.637. The van der Waals surface area contributed by atoms with Crippen molar-refractivity contribution in [3.63, 3.8) is 0 Å². The third kappa shape index (κ3) is 6.08. The number of nitrogens with one attached hydrogen (secondary N) is 2. The van der Waals surface area contributed by atoms with Crippen LogP contribution in [-0.4, -0.2) is 39.3 Å². The van der Waals surface area contributed by atoms with E-state index in [4.69, 9.17) is 4.74 Å². The third-order valence-corrected chi connectivity index (χ3v) is 3.03. The number of amides is 1. The first-order valence-electron chi connectivity index (χ1n) is 6.29. The maximum atomic E-state index is 11.5. The number of carbonyl (C=O) groups excluding carboxylic acids is 1. The van der Waals surface area contributed by atoms with Crippen molar-refractivity contribution in [1.29, 1.82) is 0 Å². The lowest BCUT2D eigenvalue weighted by Gasteiger charge is -2.22. The van der Waals surface area contributed by atoms with E-state index < -0.39 is 0 Å². The minimum absolute atomic E-state index is 0.182. The van der Waals surface area contributed by atoms with Crippen molar-refractivity contribution in [1.82, 2.24) is 10.6 Å². The molecule has 0 saturated carbocycles. The molecule has 4 heteroatoms. The topological polar surface area (TPSA) is 50.4 Å². The molecule has 0 aromatic heterocycles. The van der Waals surface area contributed by atoms with Crippen molar-refractivity contribution >= 4 is 5.91 Å². The van der Waals surface area contributed by atoms with Gasteiger partial charge in [0.2, 0.25) is 5.91 Å². The highest BCUT2D eigenvalue weighted by Crippen LogP contribution is 2.15. The molecule has 2 N–H and O–H groups in total. The van der Waals surface area contributed by atoms with Crippen LogP contribution in [0.3, 0.4) is 0 Å². The highest BCUT2D eigenvalue weighted by Gasteiger charge is 2.13. The van der Waals surface area contributed by atoms with Crippen LogP contribution in [0.1, 0.15) is 32.1 Å². The van der Waals surface area contributed by atoms with Crippen LogP contribution in [0.2, 0.25) is 0 Å². The van der Waals surface area contributed by atoms with Gasteiger partial charge in [-0.25, -0.2) is 0 Å². The number of ether oxygens (including phenoxy) is 1. The second-order valence-corrected chi connectivity index (χ2v) is 4.45. The van der Waals surface area contributed by atoms with E-state index in [1.165, 1.54) is 12.8 Å². The minimum Gasteiger partial charge on any atom is -0.385 e. The van der Waals surface area contributed by atoms with Crippen LogP contribution in [-0.2, 0) is 9.53 Å². The number of methoxy groups -OCH3 is 1. The fraction of sp³-hybridized carbons (Fsp3) is 0.917. The molecule has 0 radical (unpaired) electrons. The zero-order valence-corrected chi connectivity index (χ0v) is 10.3. The molecule has 0 aromatic carbocycles. The van der Waals surface area contributed by atoms with Crippen molar-refractivity contribution in [2.24, 2.45) is 5.92 Å². The van der Waals surface area contributed by atoms with Crippen LogP contribution in [0.5, 0.6) is 0 Å². The second-order valence-electron chi connectivity index (χ2n) is 4.45. The fourth-order valence-corrected chi connectivity index (χ4v) is 2.04. The second kappa shape index (κ2) is 8.53. The molecule has 1 saturated heterocycles. The standard InChI is InChI=1S/C12H24N2O2/c1-16-9-3-8-14-12(15)6-5-11-4-2-7-13-10-11/h11,13H,2-10H2,1H3,(H,14,15). The summed E-state index contributed by atoms with van der Waals surface area (Å²) in [6.07, 6.45) is 5.10. The third-order valence-electron chi connectivity index (χ3n) is 3.03. The van der Waals surface area contributed by atoms with Gasteiger partial charge in [0, 0.05) is 26.7 Å². The molecule has 1 unspecified atom stereocenters. The molecule has 1 heterocycles. The van der Waals surface area contributed by atoms with Crippen molar-refractivity contribution in [3.05, 3.63) is 0 Å². The van der Waals surface area contributed by atoms with E-state index in [9.17, 15) is 4.79 Å². The molecule has 16 heavy (non-hydrogen) atoms. The van der Waals surface area contributed by atoms with Gasteiger partial charge in [-0.2, -0.15) is 0 Å². The Morgan fingerprint density at radius 1 is 1.56 bits per heavy atom. The Balaban J connectivity index is 1.96. The van der Waals surface area contributed by atoms with Crippen molar-refractivity contribution in [2.75, 3.05) is 33.4 Å². The van der Waals surface area contributed by atoms with Crippen molar-refractivity contribution in [2.45, 2.75) is 32.1 Å². The maximum absolute atomic E-state index is 11.5. The van der Waals surface area contributed by atoms with Gasteiger partial charge in [0.25, 0.3) is 0 Å². The van der Waals surface area contributed by atoms with E-state index >= 15 is 0 Å². The van der Waals surface area contributed by atoms with E-state index in [2.05, 4.69) is 10.6 Å². The molecule has 0 spiro atoms. The first-order chi connectivity index (χ1) is 7.83. The van der Waals surface area contributed by atoms with E-state index in [1.807, 2.05) is 0 Å². The van der Waals surface area contributed by atoms with Gasteiger partial charge >= 0.3 is 0 Å². The van der Waals surface area contributed by atoms with Gasteiger partial charge in [-0.05, 0) is 44.7 Å². The van der Waals surface area contributed by atoms with E-state index in [1.54, 1.807) is 7.11 Å². The molecular weight excluding hydrogens is 204 g/mol. The van der Waals surface area contributed by atoms with Crippen LogP contribution < -0.4 is 10.6 Å². The highest BCUT2D eigenvalue weighted by atomic mass is 16.5. The Hall–Kier alpha value is -0.610. The Bertz CT molecular complexity index is 191. The molecule has 1 amide bonds. The Labute approximate surface area is 98.1 Å². The zero-order chi connectivity index (χ0) is 11.6. The first-order valence-corrected chi connectivity index (χ1v) is 6.29. The van der Waals surface area contributed by atoms with Crippen LogP contribution in [0.25, 0.3) is 0 Å². The summed E-state index contributed by atoms with van der Waals surface area (Å²) in [4.78, 5) is 11.5. The summed E-state index contributed by atoms with van der Waals surface area (Å²) in [7, 11) is 1.68. The lowest BCUT2D eigenvalue weighted by Crippen LogP contribution is -2.31. The smallest absolute Gasteiger partial charge is 0.220 e. The van der Waals surface area contributed by atoms with Gasteiger partial charge in [0.15, 0.2) is 0 Å². The van der Waals surface area contributed by atoms with E-state index in [-0.39, 0.29) is 5.91 Å². The van der Waals surface area contributed by atoms with Crippen LogP contribution >= 0.6 is 0 Å². The maximum Gasteiger partial charge on any atom is 0.220 e. The summed E-state index contributed by atoms with van der Waals surface area (Å²) in [5.74, 6) is 0.875. The van der Waals surface area contributed by atoms with Crippen molar-refractivity contribution in [3.8, 4) is 0 Å². The molecule has 1 rings (SSSR count). The summed E-state index contributed by atoms with van der Waals surface area (Å²) >= 11 is 0. The number of rotatable bonds is 7. The molecule has 1 atom stereocenters. The predicted molar refractivity (Wildman–Crippen MR) is 64.3 cm³/mol. The lowest BCUT2D eigenvalue weighted by atomic mass is 9.94. The largest absolute Gasteiger partial charge is 0.385 e. The predicted octanol–water partition coefficient (Wildman–Crippen LogP) is 0.919. The molecule has 4 nitrogen and oxygen atoms in total. The number of carbonyl (C=O) groups is 1. The van der Waals surface area contributed by atoms with Crippen molar-refractivity contribution < 1.29 is 9.53 Å². The van der Waals surface area contributed by atoms with Crippen LogP contribution in [0.4, 0.5) is 0 Å². The fourth-order valence-electron chi connectivity index (χ4n) is 2.04. The summed E-state index contributed by atoms with van der Waals surface area (Å²) in [6.45, 7) is 3.67. The lowest BCUT2D eigenvalue weighted by molar-refractivity contribution is -0.121. The minimum atomic E-state index is 0.182. The molecule has 1 fully saturated rings. The normalized spacial score (nSPS) is 20.7. The van der Waals surface area contributed by atoms with E-state index in [0.29, 0.717) is 18.9 Å². The molecule has 94 valence electrons. The summed E-state index contributed by atoms with van der Waals surface area (Å²) in [6, 6.07) is 0. The molecule has 0 aliphatic carbocycles. The summed E-state index contributed by atoms with van der Waals surface area (Å²) in [5, 5.41) is 6.29. The van der Waals surface area contributed by atoms with Crippen LogP contribution in [0.15, 0.2) is 0 Å². The zero-order valence-electron chi connectivity index (χ0n) is 10.3. The SMILES string of the molecule is COCCCNC(=O)CCC1CCCNC1. The van der Waals surface area contributed by atoms with Gasteiger partial charge < -0.3 is 15.4 Å². The Morgan fingerprint density at radius 3 is 3.12 bits per heavy atom. The Kier molecular flexibility index (Phi) is 7.17. The molecule has 1 aliphatic rings. The molecule has 1 aliphatic heterocycles. The number of piperidine rings is 1. The van der Waals surface area contributed by atoms with E-state index in [0.717, 1.165) is 32.5 Å². The van der Waals surface area contributed by atoms with Gasteiger partial charge in [-0.3, -0.25) is 4.79 Å². The molecule has 0 bridgehead atoms. The highest BCUT2D eigenvalue weighted by molar-refractivity contribution is 5.75. The van der Waals surface area contributed by atoms with Gasteiger partial charge in [-0.1, -0.05) is 0 Å². The average molecular weight is 228 g/mol. The first kappa shape index (κ1) is 13.5. The molecular formula is C12H24N2O2. The summed E-state index contributed by atoms with van der Waals surface area (Å²) < 4.78 is 4.92. The van der Waals surface area contributed by atoms with Gasteiger partial charge in [0.1, 0.15) is 0 Å².